The van der Waals surface area contributed by atoms with Gasteiger partial charge in [-0.05, 0) is 25.0 Å². The minimum atomic E-state index is -0.441. The Balaban J connectivity index is 2.27. The summed E-state index contributed by atoms with van der Waals surface area (Å²) in [7, 11) is 0. The molecule has 2 rings (SSSR count). The second kappa shape index (κ2) is 7.24. The number of anilines is 1. The number of rotatable bonds is 5. The molecule has 0 aliphatic heterocycles. The molecule has 1 amide bonds. The van der Waals surface area contributed by atoms with E-state index in [0.717, 1.165) is 31.4 Å². The molecule has 1 aliphatic carbocycles. The number of hydrogen-bond donors (Lipinski definition) is 1. The van der Waals surface area contributed by atoms with E-state index in [1.807, 2.05) is 30.3 Å². The Morgan fingerprint density at radius 1 is 1.24 bits per heavy atom. The van der Waals surface area contributed by atoms with Gasteiger partial charge in [-0.25, -0.2) is 0 Å². The topological polar surface area (TPSA) is 70.1 Å². The third-order valence-corrected chi connectivity index (χ3v) is 4.42. The lowest BCUT2D eigenvalue weighted by Gasteiger charge is -2.39. The van der Waals surface area contributed by atoms with Gasteiger partial charge in [-0.3, -0.25) is 4.79 Å². The normalized spacial score (nSPS) is 17.0. The number of hydrogen-bond acceptors (Lipinski definition) is 3. The van der Waals surface area contributed by atoms with Crippen molar-refractivity contribution in [1.29, 1.82) is 5.26 Å². The molecule has 0 heterocycles. The van der Waals surface area contributed by atoms with Crippen molar-refractivity contribution in [2.45, 2.75) is 38.5 Å². The van der Waals surface area contributed by atoms with E-state index < -0.39 is 5.41 Å². The van der Waals surface area contributed by atoms with Gasteiger partial charge in [-0.2, -0.15) is 5.26 Å². The lowest BCUT2D eigenvalue weighted by molar-refractivity contribution is -0.129. The largest absolute Gasteiger partial charge is 0.329 e. The number of amides is 1. The molecule has 1 fully saturated rings. The first kappa shape index (κ1) is 15.5. The van der Waals surface area contributed by atoms with E-state index in [1.54, 1.807) is 4.90 Å². The quantitative estimate of drug-likeness (QED) is 0.904. The maximum Gasteiger partial charge on any atom is 0.234 e. The van der Waals surface area contributed by atoms with Crippen LogP contribution in [0, 0.1) is 16.7 Å². The van der Waals surface area contributed by atoms with Crippen LogP contribution in [0.15, 0.2) is 30.3 Å². The van der Waals surface area contributed by atoms with Crippen molar-refractivity contribution >= 4 is 11.6 Å². The first-order valence-corrected chi connectivity index (χ1v) is 7.67. The van der Waals surface area contributed by atoms with Crippen LogP contribution in [0.3, 0.4) is 0 Å². The molecule has 1 aromatic rings. The molecule has 0 spiro atoms. The predicted molar refractivity (Wildman–Crippen MR) is 83.6 cm³/mol. The highest BCUT2D eigenvalue weighted by molar-refractivity contribution is 5.97. The van der Waals surface area contributed by atoms with Gasteiger partial charge in [0.1, 0.15) is 0 Å². The molecule has 112 valence electrons. The second-order valence-corrected chi connectivity index (χ2v) is 5.75. The van der Waals surface area contributed by atoms with Crippen molar-refractivity contribution < 1.29 is 4.79 Å². The van der Waals surface area contributed by atoms with Gasteiger partial charge in [0.25, 0.3) is 0 Å². The van der Waals surface area contributed by atoms with Gasteiger partial charge in [0.15, 0.2) is 0 Å². The first-order chi connectivity index (χ1) is 10.2. The highest BCUT2D eigenvalue weighted by Crippen LogP contribution is 2.38. The minimum Gasteiger partial charge on any atom is -0.329 e. The fraction of sp³-hybridized carbons (Fsp3) is 0.529. The average Bonchev–Trinajstić information content (AvgIpc) is 2.56. The van der Waals surface area contributed by atoms with Crippen LogP contribution in [0.25, 0.3) is 0 Å². The summed E-state index contributed by atoms with van der Waals surface area (Å²) in [6.45, 7) is 0.822. The summed E-state index contributed by atoms with van der Waals surface area (Å²) < 4.78 is 0. The number of nitriles is 1. The van der Waals surface area contributed by atoms with Crippen LogP contribution < -0.4 is 10.6 Å². The van der Waals surface area contributed by atoms with E-state index in [-0.39, 0.29) is 5.91 Å². The summed E-state index contributed by atoms with van der Waals surface area (Å²) in [5.41, 5.74) is 6.39. The van der Waals surface area contributed by atoms with Crippen molar-refractivity contribution in [3.05, 3.63) is 30.3 Å². The van der Waals surface area contributed by atoms with E-state index in [2.05, 4.69) is 6.07 Å². The predicted octanol–water partition coefficient (Wildman–Crippen LogP) is 2.84. The molecule has 0 saturated heterocycles. The Hall–Kier alpha value is -1.86. The van der Waals surface area contributed by atoms with Gasteiger partial charge in [0, 0.05) is 18.8 Å². The third kappa shape index (κ3) is 3.43. The zero-order chi connectivity index (χ0) is 15.1. The van der Waals surface area contributed by atoms with E-state index in [0.29, 0.717) is 19.5 Å². The molecule has 1 aliphatic rings. The molecule has 0 aromatic heterocycles. The van der Waals surface area contributed by atoms with Crippen molar-refractivity contribution in [2.24, 2.45) is 11.1 Å². The van der Waals surface area contributed by atoms with Gasteiger partial charge < -0.3 is 10.6 Å². The summed E-state index contributed by atoms with van der Waals surface area (Å²) >= 11 is 0. The smallest absolute Gasteiger partial charge is 0.234 e. The van der Waals surface area contributed by atoms with Crippen LogP contribution in [0.4, 0.5) is 5.69 Å². The zero-order valence-corrected chi connectivity index (χ0v) is 12.4. The summed E-state index contributed by atoms with van der Waals surface area (Å²) in [5.74, 6) is 0.0890. The molecular formula is C17H23N3O. The summed E-state index contributed by atoms with van der Waals surface area (Å²) in [5, 5.41) is 8.86. The molecule has 0 radical (unpaired) electrons. The van der Waals surface area contributed by atoms with E-state index >= 15 is 0 Å². The number of carbonyl (C=O) groups is 1. The Bertz CT molecular complexity index is 501. The number of carbonyl (C=O) groups excluding carboxylic acids is 1. The molecular weight excluding hydrogens is 262 g/mol. The second-order valence-electron chi connectivity index (χ2n) is 5.75. The molecule has 21 heavy (non-hydrogen) atoms. The standard InChI is InChI=1S/C17H23N3O/c18-12-7-13-20(15-8-3-1-4-9-15)16(21)17(14-19)10-5-2-6-11-17/h1,3-4,8-9H,2,5-7,10-11,13-14,19H2. The summed E-state index contributed by atoms with van der Waals surface area (Å²) in [4.78, 5) is 14.8. The van der Waals surface area contributed by atoms with Gasteiger partial charge in [-0.1, -0.05) is 37.5 Å². The van der Waals surface area contributed by atoms with Gasteiger partial charge in [0.2, 0.25) is 5.91 Å². The summed E-state index contributed by atoms with van der Waals surface area (Å²) in [6.07, 6.45) is 5.35. The molecule has 4 nitrogen and oxygen atoms in total. The SMILES string of the molecule is N#CCCN(C(=O)C1(CN)CCCCC1)c1ccccc1. The molecule has 2 N–H and O–H groups in total. The van der Waals surface area contributed by atoms with E-state index in [1.165, 1.54) is 6.42 Å². The Labute approximate surface area is 126 Å². The number of para-hydroxylation sites is 1. The van der Waals surface area contributed by atoms with Crippen molar-refractivity contribution in [2.75, 3.05) is 18.0 Å². The molecule has 0 unspecified atom stereocenters. The van der Waals surface area contributed by atoms with Crippen molar-refractivity contribution in [3.8, 4) is 6.07 Å². The Morgan fingerprint density at radius 2 is 1.90 bits per heavy atom. The number of nitrogens with zero attached hydrogens (tertiary/aromatic N) is 2. The van der Waals surface area contributed by atoms with Crippen LogP contribution in [0.2, 0.25) is 0 Å². The number of benzene rings is 1. The van der Waals surface area contributed by atoms with Crippen LogP contribution >= 0.6 is 0 Å². The zero-order valence-electron chi connectivity index (χ0n) is 12.4. The Morgan fingerprint density at radius 3 is 2.48 bits per heavy atom. The monoisotopic (exact) mass is 285 g/mol. The van der Waals surface area contributed by atoms with Crippen molar-refractivity contribution in [3.63, 3.8) is 0 Å². The lowest BCUT2D eigenvalue weighted by Crippen LogP contribution is -2.49. The maximum atomic E-state index is 13.1. The highest BCUT2D eigenvalue weighted by atomic mass is 16.2. The third-order valence-electron chi connectivity index (χ3n) is 4.42. The summed E-state index contributed by atoms with van der Waals surface area (Å²) in [6, 6.07) is 11.7. The maximum absolute atomic E-state index is 13.1. The fourth-order valence-corrected chi connectivity index (χ4v) is 3.14. The average molecular weight is 285 g/mol. The minimum absolute atomic E-state index is 0.0890. The molecule has 1 saturated carbocycles. The van der Waals surface area contributed by atoms with Gasteiger partial charge >= 0.3 is 0 Å². The van der Waals surface area contributed by atoms with Crippen LogP contribution in [-0.4, -0.2) is 19.0 Å². The molecule has 4 heteroatoms. The lowest BCUT2D eigenvalue weighted by atomic mass is 9.73. The molecule has 1 aromatic carbocycles. The van der Waals surface area contributed by atoms with Gasteiger partial charge in [0.05, 0.1) is 17.9 Å². The van der Waals surface area contributed by atoms with Crippen LogP contribution in [0.5, 0.6) is 0 Å². The fourth-order valence-electron chi connectivity index (χ4n) is 3.14. The number of nitrogens with two attached hydrogens (primary N) is 1. The highest BCUT2D eigenvalue weighted by Gasteiger charge is 2.41. The van der Waals surface area contributed by atoms with E-state index in [4.69, 9.17) is 11.0 Å². The van der Waals surface area contributed by atoms with E-state index in [9.17, 15) is 4.79 Å². The molecule has 0 bridgehead atoms. The molecule has 0 atom stereocenters. The van der Waals surface area contributed by atoms with Crippen LogP contribution in [0.1, 0.15) is 38.5 Å². The Kier molecular flexibility index (Phi) is 5.35. The van der Waals surface area contributed by atoms with Crippen molar-refractivity contribution in [1.82, 2.24) is 0 Å². The first-order valence-electron chi connectivity index (χ1n) is 7.67. The van der Waals surface area contributed by atoms with Crippen LogP contribution in [-0.2, 0) is 4.79 Å². The van der Waals surface area contributed by atoms with Gasteiger partial charge in [-0.15, -0.1) is 0 Å².